The summed E-state index contributed by atoms with van der Waals surface area (Å²) in [6.45, 7) is 7.14. The van der Waals surface area contributed by atoms with E-state index in [2.05, 4.69) is 10.2 Å². The molecule has 0 radical (unpaired) electrons. The van der Waals surface area contributed by atoms with Gasteiger partial charge < -0.3 is 15.1 Å². The number of nitrogens with zero attached hydrogens (tertiary/aromatic N) is 3. The van der Waals surface area contributed by atoms with Crippen molar-refractivity contribution in [1.82, 2.24) is 15.1 Å². The monoisotopic (exact) mass is 386 g/mol. The quantitative estimate of drug-likeness (QED) is 0.608. The van der Waals surface area contributed by atoms with Crippen molar-refractivity contribution >= 4 is 29.3 Å². The number of carbonyl (C=O) groups is 4. The van der Waals surface area contributed by atoms with Gasteiger partial charge in [0.2, 0.25) is 5.91 Å². The number of amides is 4. The zero-order valence-electron chi connectivity index (χ0n) is 16.5. The molecule has 8 heteroatoms. The minimum absolute atomic E-state index is 0.0293. The second-order valence-corrected chi connectivity index (χ2v) is 7.48. The Morgan fingerprint density at radius 2 is 1.68 bits per heavy atom. The minimum Gasteiger partial charge on any atom is -0.368 e. The minimum atomic E-state index is -0.928. The summed E-state index contributed by atoms with van der Waals surface area (Å²) in [6.07, 6.45) is 0.476. The molecule has 2 saturated heterocycles. The van der Waals surface area contributed by atoms with E-state index in [1.54, 1.807) is 24.0 Å². The van der Waals surface area contributed by atoms with Crippen molar-refractivity contribution in [2.24, 2.45) is 0 Å². The number of Topliss-reactive ketones (excluding diaryl/α,β-unsaturated/α-hetero) is 1. The third-order valence-corrected chi connectivity index (χ3v) is 5.62. The lowest BCUT2D eigenvalue weighted by Crippen LogP contribution is -2.52. The Kier molecular flexibility index (Phi) is 5.40. The molecule has 4 amide bonds. The largest absolute Gasteiger partial charge is 0.368 e. The van der Waals surface area contributed by atoms with Gasteiger partial charge in [0.05, 0.1) is 0 Å². The summed E-state index contributed by atoms with van der Waals surface area (Å²) < 4.78 is 0. The molecule has 8 nitrogen and oxygen atoms in total. The van der Waals surface area contributed by atoms with E-state index in [0.717, 1.165) is 10.6 Å². The Morgan fingerprint density at radius 1 is 1.07 bits per heavy atom. The zero-order chi connectivity index (χ0) is 20.5. The number of piperazine rings is 1. The molecule has 0 bridgehead atoms. The highest BCUT2D eigenvalue weighted by molar-refractivity contribution is 6.08. The van der Waals surface area contributed by atoms with Crippen molar-refractivity contribution in [1.29, 1.82) is 0 Å². The predicted molar refractivity (Wildman–Crippen MR) is 104 cm³/mol. The van der Waals surface area contributed by atoms with Gasteiger partial charge in [0, 0.05) is 37.4 Å². The van der Waals surface area contributed by atoms with Gasteiger partial charge in [-0.25, -0.2) is 4.79 Å². The van der Waals surface area contributed by atoms with Crippen molar-refractivity contribution in [3.8, 4) is 0 Å². The van der Waals surface area contributed by atoms with E-state index in [0.29, 0.717) is 38.2 Å². The van der Waals surface area contributed by atoms with Gasteiger partial charge in [0.15, 0.2) is 5.78 Å². The Hall–Kier alpha value is -2.90. The van der Waals surface area contributed by atoms with Crippen LogP contribution in [0.1, 0.15) is 37.6 Å². The summed E-state index contributed by atoms with van der Waals surface area (Å²) in [4.78, 5) is 53.4. The molecule has 2 fully saturated rings. The lowest BCUT2D eigenvalue weighted by molar-refractivity contribution is -0.139. The zero-order valence-corrected chi connectivity index (χ0v) is 16.5. The smallest absolute Gasteiger partial charge is 0.325 e. The first-order chi connectivity index (χ1) is 13.2. The number of hydrogen-bond acceptors (Lipinski definition) is 5. The fraction of sp³-hybridized carbons (Fsp3) is 0.500. The normalized spacial score (nSPS) is 22.5. The van der Waals surface area contributed by atoms with E-state index in [1.165, 1.54) is 6.92 Å². The van der Waals surface area contributed by atoms with Gasteiger partial charge >= 0.3 is 6.03 Å². The Bertz CT molecular complexity index is 799. The van der Waals surface area contributed by atoms with Crippen molar-refractivity contribution in [2.75, 3.05) is 37.6 Å². The number of ketones is 1. The van der Waals surface area contributed by atoms with Crippen LogP contribution >= 0.6 is 0 Å². The first-order valence-corrected chi connectivity index (χ1v) is 9.53. The highest BCUT2D eigenvalue weighted by atomic mass is 16.2. The molecule has 1 aromatic rings. The molecule has 3 rings (SSSR count). The Balaban J connectivity index is 1.56. The van der Waals surface area contributed by atoms with Crippen molar-refractivity contribution in [2.45, 2.75) is 32.7 Å². The molecule has 1 atom stereocenters. The van der Waals surface area contributed by atoms with E-state index in [9.17, 15) is 19.2 Å². The average Bonchev–Trinajstić information content (AvgIpc) is 2.91. The number of carbonyl (C=O) groups excluding carboxylic acids is 4. The summed E-state index contributed by atoms with van der Waals surface area (Å²) in [7, 11) is 0. The molecule has 2 aliphatic heterocycles. The second-order valence-electron chi connectivity index (χ2n) is 7.48. The third kappa shape index (κ3) is 3.72. The molecule has 1 aromatic carbocycles. The van der Waals surface area contributed by atoms with Gasteiger partial charge in [0.1, 0.15) is 12.1 Å². The molecule has 28 heavy (non-hydrogen) atoms. The fourth-order valence-corrected chi connectivity index (χ4v) is 3.49. The van der Waals surface area contributed by atoms with Gasteiger partial charge in [0.25, 0.3) is 5.91 Å². The maximum atomic E-state index is 12.6. The SMILES string of the molecule is CC[C@]1(C)NC(=O)N(CC(=O)N2CCN(c3ccc(C(C)=O)cc3)CC2)C1=O. The van der Waals surface area contributed by atoms with Crippen molar-refractivity contribution in [3.63, 3.8) is 0 Å². The maximum absolute atomic E-state index is 12.6. The molecule has 0 aromatic heterocycles. The van der Waals surface area contributed by atoms with Crippen LogP contribution in [-0.4, -0.2) is 71.7 Å². The van der Waals surface area contributed by atoms with E-state index in [4.69, 9.17) is 0 Å². The number of anilines is 1. The van der Waals surface area contributed by atoms with Crippen LogP contribution in [0.2, 0.25) is 0 Å². The number of hydrogen-bond donors (Lipinski definition) is 1. The molecule has 2 aliphatic rings. The topological polar surface area (TPSA) is 90.0 Å². The third-order valence-electron chi connectivity index (χ3n) is 5.62. The lowest BCUT2D eigenvalue weighted by Gasteiger charge is -2.36. The van der Waals surface area contributed by atoms with Crippen LogP contribution in [-0.2, 0) is 9.59 Å². The van der Waals surface area contributed by atoms with E-state index < -0.39 is 11.6 Å². The molecule has 1 N–H and O–H groups in total. The average molecular weight is 386 g/mol. The number of benzene rings is 1. The number of imide groups is 1. The highest BCUT2D eigenvalue weighted by Gasteiger charge is 2.47. The van der Waals surface area contributed by atoms with Gasteiger partial charge in [-0.15, -0.1) is 0 Å². The van der Waals surface area contributed by atoms with Crippen molar-refractivity contribution in [3.05, 3.63) is 29.8 Å². The highest BCUT2D eigenvalue weighted by Crippen LogP contribution is 2.21. The van der Waals surface area contributed by atoms with Crippen LogP contribution in [0.5, 0.6) is 0 Å². The van der Waals surface area contributed by atoms with Crippen LogP contribution in [0.15, 0.2) is 24.3 Å². The van der Waals surface area contributed by atoms with Crippen LogP contribution in [0.4, 0.5) is 10.5 Å². The number of nitrogens with one attached hydrogen (secondary N) is 1. The molecule has 0 spiro atoms. The van der Waals surface area contributed by atoms with E-state index in [1.807, 2.05) is 19.1 Å². The molecule has 0 unspecified atom stereocenters. The van der Waals surface area contributed by atoms with Gasteiger partial charge in [-0.05, 0) is 44.5 Å². The molecular weight excluding hydrogens is 360 g/mol. The summed E-state index contributed by atoms with van der Waals surface area (Å²) in [6, 6.07) is 6.92. The number of rotatable bonds is 5. The molecule has 0 saturated carbocycles. The second kappa shape index (κ2) is 7.61. The lowest BCUT2D eigenvalue weighted by atomic mass is 9.99. The summed E-state index contributed by atoms with van der Waals surface area (Å²) in [5.41, 5.74) is 0.748. The maximum Gasteiger partial charge on any atom is 0.325 e. The summed E-state index contributed by atoms with van der Waals surface area (Å²) in [5, 5.41) is 2.66. The summed E-state index contributed by atoms with van der Waals surface area (Å²) >= 11 is 0. The first kappa shape index (κ1) is 19.9. The van der Waals surface area contributed by atoms with E-state index >= 15 is 0 Å². The van der Waals surface area contributed by atoms with Gasteiger partial charge in [-0.2, -0.15) is 0 Å². The number of urea groups is 1. The molecule has 2 heterocycles. The Morgan fingerprint density at radius 3 is 2.18 bits per heavy atom. The fourth-order valence-electron chi connectivity index (χ4n) is 3.49. The van der Waals surface area contributed by atoms with Crippen LogP contribution in [0.3, 0.4) is 0 Å². The Labute approximate surface area is 164 Å². The standard InChI is InChI=1S/C20H26N4O4/c1-4-20(3)18(27)24(19(28)21-20)13-17(26)23-11-9-22(10-12-23)16-7-5-15(6-8-16)14(2)25/h5-8H,4,9-13H2,1-3H3,(H,21,28)/t20-/m0/s1. The predicted octanol–water partition coefficient (Wildman–Crippen LogP) is 1.26. The van der Waals surface area contributed by atoms with Crippen LogP contribution < -0.4 is 10.2 Å². The van der Waals surface area contributed by atoms with Crippen molar-refractivity contribution < 1.29 is 19.2 Å². The van der Waals surface area contributed by atoms with E-state index in [-0.39, 0.29) is 24.1 Å². The first-order valence-electron chi connectivity index (χ1n) is 9.53. The molecule has 0 aliphatic carbocycles. The van der Waals surface area contributed by atoms with Gasteiger partial charge in [-0.3, -0.25) is 19.3 Å². The van der Waals surface area contributed by atoms with Crippen LogP contribution in [0.25, 0.3) is 0 Å². The summed E-state index contributed by atoms with van der Waals surface area (Å²) in [5.74, 6) is -0.547. The molecule has 150 valence electrons. The van der Waals surface area contributed by atoms with Crippen LogP contribution in [0, 0.1) is 0 Å². The van der Waals surface area contributed by atoms with Gasteiger partial charge in [-0.1, -0.05) is 6.92 Å². The molecular formula is C20H26N4O4.